The fraction of sp³-hybridized carbons (Fsp3) is 0.105. The van der Waals surface area contributed by atoms with Gasteiger partial charge in [0.1, 0.15) is 5.15 Å². The molecule has 0 atom stereocenters. The number of hydrogen-bond acceptors (Lipinski definition) is 6. The first-order valence-corrected chi connectivity index (χ1v) is 8.57. The van der Waals surface area contributed by atoms with Crippen molar-refractivity contribution in [3.05, 3.63) is 74.9 Å². The molecule has 142 valence electrons. The summed E-state index contributed by atoms with van der Waals surface area (Å²) in [6, 6.07) is 13.4. The molecule has 3 rings (SSSR count). The van der Waals surface area contributed by atoms with Crippen LogP contribution in [-0.4, -0.2) is 28.6 Å². The third-order valence-corrected chi connectivity index (χ3v) is 4.14. The van der Waals surface area contributed by atoms with Gasteiger partial charge in [0, 0.05) is 17.0 Å². The van der Waals surface area contributed by atoms with Gasteiger partial charge in [0.15, 0.2) is 12.4 Å². The van der Waals surface area contributed by atoms with Gasteiger partial charge in [0.25, 0.3) is 5.91 Å². The fourth-order valence-corrected chi connectivity index (χ4v) is 2.70. The monoisotopic (exact) mass is 398 g/mol. The van der Waals surface area contributed by atoms with E-state index in [1.54, 1.807) is 6.07 Å². The van der Waals surface area contributed by atoms with E-state index in [1.165, 1.54) is 24.4 Å². The number of para-hydroxylation sites is 3. The minimum Gasteiger partial charge on any atom is -0.477 e. The van der Waals surface area contributed by atoms with Crippen LogP contribution in [-0.2, 0) is 4.79 Å². The molecule has 0 fully saturated rings. The van der Waals surface area contributed by atoms with Crippen LogP contribution in [0, 0.1) is 17.0 Å². The molecule has 2 aromatic carbocycles. The number of fused-ring (bicyclic) bond motifs is 1. The highest BCUT2D eigenvalue weighted by atomic mass is 35.5. The lowest BCUT2D eigenvalue weighted by atomic mass is 10.1. The number of carbonyl (C=O) groups is 1. The normalized spacial score (nSPS) is 10.9. The van der Waals surface area contributed by atoms with E-state index in [2.05, 4.69) is 15.5 Å². The van der Waals surface area contributed by atoms with E-state index in [1.807, 2.05) is 31.2 Å². The Balaban J connectivity index is 1.63. The quantitative estimate of drug-likeness (QED) is 0.295. The Kier molecular flexibility index (Phi) is 5.81. The predicted molar refractivity (Wildman–Crippen MR) is 106 cm³/mol. The molecule has 9 heteroatoms. The third kappa shape index (κ3) is 4.41. The molecule has 0 bridgehead atoms. The number of rotatable bonds is 6. The summed E-state index contributed by atoms with van der Waals surface area (Å²) in [6.45, 7) is 1.52. The molecule has 3 aromatic rings. The Labute approximate surface area is 164 Å². The minimum atomic E-state index is -0.582. The highest BCUT2D eigenvalue weighted by Gasteiger charge is 2.14. The Hall–Kier alpha value is -3.52. The van der Waals surface area contributed by atoms with Gasteiger partial charge in [-0.2, -0.15) is 5.10 Å². The molecule has 0 aliphatic heterocycles. The number of carbonyl (C=O) groups excluding carboxylic acids is 1. The average molecular weight is 399 g/mol. The van der Waals surface area contributed by atoms with E-state index < -0.39 is 17.4 Å². The molecule has 0 radical (unpaired) electrons. The van der Waals surface area contributed by atoms with Gasteiger partial charge in [-0.15, -0.1) is 0 Å². The van der Waals surface area contributed by atoms with Crippen LogP contribution in [0.2, 0.25) is 5.15 Å². The van der Waals surface area contributed by atoms with Gasteiger partial charge in [-0.25, -0.2) is 10.4 Å². The number of benzene rings is 2. The molecule has 1 heterocycles. The number of amides is 1. The molecule has 1 N–H and O–H groups in total. The zero-order valence-corrected chi connectivity index (χ0v) is 15.5. The van der Waals surface area contributed by atoms with Gasteiger partial charge in [-0.1, -0.05) is 41.9 Å². The molecule has 0 unspecified atom stereocenters. The first-order chi connectivity index (χ1) is 13.5. The number of aromatic nitrogens is 1. The SMILES string of the molecule is Cc1cccc2cc(/C=N\NC(=O)COc3ccccc3[N+](=O)[O-])c(Cl)nc12. The molecule has 0 saturated carbocycles. The lowest BCUT2D eigenvalue weighted by molar-refractivity contribution is -0.385. The summed E-state index contributed by atoms with van der Waals surface area (Å²) >= 11 is 6.18. The highest BCUT2D eigenvalue weighted by molar-refractivity contribution is 6.32. The Morgan fingerprint density at radius 2 is 2.11 bits per heavy atom. The second-order valence-corrected chi connectivity index (χ2v) is 6.18. The Morgan fingerprint density at radius 3 is 2.89 bits per heavy atom. The molecule has 1 aromatic heterocycles. The van der Waals surface area contributed by atoms with E-state index >= 15 is 0 Å². The van der Waals surface area contributed by atoms with Crippen molar-refractivity contribution in [2.45, 2.75) is 6.92 Å². The standard InChI is InChI=1S/C19H15ClN4O4/c1-12-5-4-6-13-9-14(19(20)22-18(12)13)10-21-23-17(25)11-28-16-8-3-2-7-15(16)24(26)27/h2-10H,11H2,1H3,(H,23,25)/b21-10-. The number of hydrazone groups is 1. The molecule has 0 spiro atoms. The van der Waals surface area contributed by atoms with Crippen molar-refractivity contribution in [2.75, 3.05) is 6.61 Å². The third-order valence-electron chi connectivity index (χ3n) is 3.84. The van der Waals surface area contributed by atoms with Gasteiger partial charge in [0.05, 0.1) is 16.7 Å². The van der Waals surface area contributed by atoms with E-state index in [0.29, 0.717) is 5.56 Å². The summed E-state index contributed by atoms with van der Waals surface area (Å²) in [7, 11) is 0. The summed E-state index contributed by atoms with van der Waals surface area (Å²) < 4.78 is 5.19. The molecule has 8 nitrogen and oxygen atoms in total. The average Bonchev–Trinajstić information content (AvgIpc) is 2.68. The second-order valence-electron chi connectivity index (χ2n) is 5.82. The van der Waals surface area contributed by atoms with Gasteiger partial charge in [0.2, 0.25) is 0 Å². The summed E-state index contributed by atoms with van der Waals surface area (Å²) in [5.74, 6) is -0.570. The number of nitrogens with one attached hydrogen (secondary N) is 1. The number of nitrogens with zero attached hydrogens (tertiary/aromatic N) is 3. The van der Waals surface area contributed by atoms with Crippen LogP contribution in [0.15, 0.2) is 53.6 Å². The molecule has 0 aliphatic rings. The first-order valence-electron chi connectivity index (χ1n) is 8.19. The molecule has 0 aliphatic carbocycles. The maximum Gasteiger partial charge on any atom is 0.310 e. The largest absolute Gasteiger partial charge is 0.477 e. The number of pyridine rings is 1. The van der Waals surface area contributed by atoms with Crippen LogP contribution >= 0.6 is 11.6 Å². The minimum absolute atomic E-state index is 0.00349. The second kappa shape index (κ2) is 8.45. The maximum absolute atomic E-state index is 11.9. The van der Waals surface area contributed by atoms with Crippen LogP contribution in [0.4, 0.5) is 5.69 Å². The zero-order valence-electron chi connectivity index (χ0n) is 14.8. The lowest BCUT2D eigenvalue weighted by Crippen LogP contribution is -2.24. The van der Waals surface area contributed by atoms with Crippen molar-refractivity contribution in [3.63, 3.8) is 0 Å². The summed E-state index contributed by atoms with van der Waals surface area (Å²) in [4.78, 5) is 26.6. The highest BCUT2D eigenvalue weighted by Crippen LogP contribution is 2.25. The maximum atomic E-state index is 11.9. The van der Waals surface area contributed by atoms with E-state index in [0.717, 1.165) is 16.5 Å². The first kappa shape index (κ1) is 19.2. The number of ether oxygens (including phenoxy) is 1. The van der Waals surface area contributed by atoms with Crippen molar-refractivity contribution < 1.29 is 14.5 Å². The van der Waals surface area contributed by atoms with Crippen LogP contribution in [0.1, 0.15) is 11.1 Å². The van der Waals surface area contributed by atoms with Gasteiger partial charge in [-0.05, 0) is 24.6 Å². The smallest absolute Gasteiger partial charge is 0.310 e. The van der Waals surface area contributed by atoms with E-state index in [4.69, 9.17) is 16.3 Å². The number of halogens is 1. The number of nitro benzene ring substituents is 1. The van der Waals surface area contributed by atoms with Gasteiger partial charge >= 0.3 is 5.69 Å². The Morgan fingerprint density at radius 1 is 1.32 bits per heavy atom. The van der Waals surface area contributed by atoms with E-state index in [-0.39, 0.29) is 16.6 Å². The summed E-state index contributed by atoms with van der Waals surface area (Å²) in [5, 5.41) is 15.9. The molecule has 1 amide bonds. The van der Waals surface area contributed by atoms with Gasteiger partial charge in [-0.3, -0.25) is 14.9 Å². The fourth-order valence-electron chi connectivity index (χ4n) is 2.51. The van der Waals surface area contributed by atoms with Crippen LogP contribution in [0.5, 0.6) is 5.75 Å². The predicted octanol–water partition coefficient (Wildman–Crippen LogP) is 3.63. The number of hydrogen-bond donors (Lipinski definition) is 1. The van der Waals surface area contributed by atoms with Crippen molar-refractivity contribution in [2.24, 2.45) is 5.10 Å². The molecular formula is C19H15ClN4O4. The van der Waals surface area contributed by atoms with Gasteiger partial charge < -0.3 is 4.74 Å². The van der Waals surface area contributed by atoms with Crippen LogP contribution < -0.4 is 10.2 Å². The topological polar surface area (TPSA) is 107 Å². The van der Waals surface area contributed by atoms with Crippen molar-refractivity contribution in [3.8, 4) is 5.75 Å². The molecular weight excluding hydrogens is 384 g/mol. The van der Waals surface area contributed by atoms with Crippen LogP contribution in [0.25, 0.3) is 10.9 Å². The Bertz CT molecular complexity index is 1080. The van der Waals surface area contributed by atoms with Crippen molar-refractivity contribution in [1.29, 1.82) is 0 Å². The van der Waals surface area contributed by atoms with Crippen molar-refractivity contribution in [1.82, 2.24) is 10.4 Å². The van der Waals surface area contributed by atoms with Crippen LogP contribution in [0.3, 0.4) is 0 Å². The van der Waals surface area contributed by atoms with E-state index in [9.17, 15) is 14.9 Å². The van der Waals surface area contributed by atoms with Crippen molar-refractivity contribution >= 4 is 40.3 Å². The number of nitro groups is 1. The lowest BCUT2D eigenvalue weighted by Gasteiger charge is -2.06. The molecule has 0 saturated heterocycles. The summed E-state index contributed by atoms with van der Waals surface area (Å²) in [5.41, 5.74) is 4.41. The molecule has 28 heavy (non-hydrogen) atoms. The summed E-state index contributed by atoms with van der Waals surface area (Å²) in [6.07, 6.45) is 1.37. The zero-order chi connectivity index (χ0) is 20.1. The number of aryl methyl sites for hydroxylation is 1.